The molecule has 268 valence electrons. The van der Waals surface area contributed by atoms with Gasteiger partial charge in [0.15, 0.2) is 0 Å². The zero-order chi connectivity index (χ0) is 37.7. The molecule has 11 rings (SSSR count). The van der Waals surface area contributed by atoms with Gasteiger partial charge in [-0.25, -0.2) is 0 Å². The van der Waals surface area contributed by atoms with E-state index < -0.39 is 0 Å². The molecular formula is C54H36N2S. The lowest BCUT2D eigenvalue weighted by Gasteiger charge is -2.31. The van der Waals surface area contributed by atoms with Crippen molar-refractivity contribution in [2.45, 2.75) is 0 Å². The van der Waals surface area contributed by atoms with Crippen LogP contribution in [0.5, 0.6) is 0 Å². The van der Waals surface area contributed by atoms with E-state index in [2.05, 4.69) is 228 Å². The molecule has 57 heavy (non-hydrogen) atoms. The van der Waals surface area contributed by atoms with Crippen LogP contribution in [0.1, 0.15) is 0 Å². The van der Waals surface area contributed by atoms with Crippen molar-refractivity contribution in [2.24, 2.45) is 0 Å². The van der Waals surface area contributed by atoms with Crippen molar-refractivity contribution in [3.8, 4) is 11.1 Å². The second kappa shape index (κ2) is 13.8. The van der Waals surface area contributed by atoms with Crippen molar-refractivity contribution < 1.29 is 0 Å². The summed E-state index contributed by atoms with van der Waals surface area (Å²) in [6.45, 7) is 0. The van der Waals surface area contributed by atoms with Crippen LogP contribution in [0.3, 0.4) is 0 Å². The second-order valence-electron chi connectivity index (χ2n) is 14.6. The zero-order valence-electron chi connectivity index (χ0n) is 31.1. The van der Waals surface area contributed by atoms with Gasteiger partial charge in [-0.2, -0.15) is 0 Å². The van der Waals surface area contributed by atoms with Crippen molar-refractivity contribution >= 4 is 98.0 Å². The predicted octanol–water partition coefficient (Wildman–Crippen LogP) is 16.1. The van der Waals surface area contributed by atoms with Gasteiger partial charge in [-0.3, -0.25) is 0 Å². The van der Waals surface area contributed by atoms with Crippen molar-refractivity contribution in [1.82, 2.24) is 0 Å². The van der Waals surface area contributed by atoms with Gasteiger partial charge >= 0.3 is 0 Å². The van der Waals surface area contributed by atoms with E-state index in [1.807, 2.05) is 11.3 Å². The number of para-hydroxylation sites is 1. The summed E-state index contributed by atoms with van der Waals surface area (Å²) >= 11 is 1.89. The molecule has 1 heterocycles. The minimum absolute atomic E-state index is 1.10. The Kier molecular flexibility index (Phi) is 8.04. The lowest BCUT2D eigenvalue weighted by atomic mass is 10.0. The summed E-state index contributed by atoms with van der Waals surface area (Å²) < 4.78 is 2.54. The first kappa shape index (κ1) is 33.2. The van der Waals surface area contributed by atoms with Crippen LogP contribution in [0.25, 0.3) is 63.6 Å². The summed E-state index contributed by atoms with van der Waals surface area (Å²) in [5, 5.41) is 9.89. The van der Waals surface area contributed by atoms with Crippen molar-refractivity contribution in [1.29, 1.82) is 0 Å². The Morgan fingerprint density at radius 2 is 0.842 bits per heavy atom. The fourth-order valence-corrected chi connectivity index (χ4v) is 9.73. The van der Waals surface area contributed by atoms with Crippen LogP contribution >= 0.6 is 11.3 Å². The normalized spacial score (nSPS) is 11.5. The second-order valence-corrected chi connectivity index (χ2v) is 15.6. The number of hydrogen-bond acceptors (Lipinski definition) is 3. The quantitative estimate of drug-likeness (QED) is 0.160. The Morgan fingerprint density at radius 1 is 0.298 bits per heavy atom. The summed E-state index contributed by atoms with van der Waals surface area (Å²) in [5.74, 6) is 0. The van der Waals surface area contributed by atoms with E-state index in [1.165, 1.54) is 63.6 Å². The highest BCUT2D eigenvalue weighted by atomic mass is 32.1. The summed E-state index contributed by atoms with van der Waals surface area (Å²) in [6.07, 6.45) is 0. The molecule has 0 spiro atoms. The first-order valence-corrected chi connectivity index (χ1v) is 20.2. The van der Waals surface area contributed by atoms with E-state index in [0.717, 1.165) is 34.1 Å². The molecule has 0 saturated heterocycles. The summed E-state index contributed by atoms with van der Waals surface area (Å²) in [6, 6.07) is 79.6. The molecule has 0 aliphatic rings. The number of hydrogen-bond donors (Lipinski definition) is 0. The molecule has 0 bridgehead atoms. The Balaban J connectivity index is 1.24. The van der Waals surface area contributed by atoms with Crippen LogP contribution in [-0.4, -0.2) is 0 Å². The standard InChI is InChI=1S/C54H36N2S/c1-3-14-37(15-4-1)43-21-13-24-45(32-43)56(47-30-27-39-17-8-10-20-42(39)34-47)51-35-48(36-52-53(51)50-31-28-40-18-11-12-25-49(40)54(50)57-52)55(44-22-5-2-6-23-44)46-29-26-38-16-7-9-19-41(38)33-46/h1-36H. The summed E-state index contributed by atoms with van der Waals surface area (Å²) in [5.41, 5.74) is 9.01. The average Bonchev–Trinajstić information content (AvgIpc) is 3.67. The van der Waals surface area contributed by atoms with E-state index in [-0.39, 0.29) is 0 Å². The molecule has 0 saturated carbocycles. The van der Waals surface area contributed by atoms with Crippen LogP contribution in [-0.2, 0) is 0 Å². The molecule has 0 aliphatic heterocycles. The smallest absolute Gasteiger partial charge is 0.0575 e. The molecule has 0 radical (unpaired) electrons. The van der Waals surface area contributed by atoms with Gasteiger partial charge in [0.2, 0.25) is 0 Å². The van der Waals surface area contributed by atoms with E-state index in [9.17, 15) is 0 Å². The lowest BCUT2D eigenvalue weighted by molar-refractivity contribution is 1.27. The van der Waals surface area contributed by atoms with Crippen molar-refractivity contribution in [2.75, 3.05) is 9.80 Å². The third-order valence-corrected chi connectivity index (χ3v) is 12.3. The van der Waals surface area contributed by atoms with Gasteiger partial charge < -0.3 is 9.80 Å². The fraction of sp³-hybridized carbons (Fsp3) is 0. The van der Waals surface area contributed by atoms with E-state index >= 15 is 0 Å². The Labute approximate surface area is 335 Å². The average molecular weight is 745 g/mol. The maximum absolute atomic E-state index is 2.48. The Morgan fingerprint density at radius 3 is 1.56 bits per heavy atom. The molecule has 11 aromatic rings. The molecule has 0 atom stereocenters. The molecule has 0 fully saturated rings. The number of anilines is 6. The first-order chi connectivity index (χ1) is 28.2. The third-order valence-electron chi connectivity index (χ3n) is 11.1. The third kappa shape index (κ3) is 5.88. The van der Waals surface area contributed by atoms with E-state index in [4.69, 9.17) is 0 Å². The van der Waals surface area contributed by atoms with Gasteiger partial charge in [0, 0.05) is 48.6 Å². The number of nitrogens with zero attached hydrogens (tertiary/aromatic N) is 2. The van der Waals surface area contributed by atoms with Crippen molar-refractivity contribution in [3.63, 3.8) is 0 Å². The molecule has 0 amide bonds. The summed E-state index contributed by atoms with van der Waals surface area (Å²) in [7, 11) is 0. The molecule has 0 unspecified atom stereocenters. The van der Waals surface area contributed by atoms with Crippen LogP contribution in [0.2, 0.25) is 0 Å². The SMILES string of the molecule is c1ccc(-c2cccc(N(c3ccc4ccccc4c3)c3cc(N(c4ccccc4)c4ccc5ccccc5c4)cc4sc5c6ccccc6ccc5c34)c2)cc1. The zero-order valence-corrected chi connectivity index (χ0v) is 31.9. The van der Waals surface area contributed by atoms with Gasteiger partial charge in [-0.1, -0.05) is 158 Å². The van der Waals surface area contributed by atoms with Gasteiger partial charge in [0.1, 0.15) is 0 Å². The maximum atomic E-state index is 2.48. The van der Waals surface area contributed by atoms with Crippen molar-refractivity contribution in [3.05, 3.63) is 218 Å². The van der Waals surface area contributed by atoms with Gasteiger partial charge in [0.25, 0.3) is 0 Å². The van der Waals surface area contributed by atoms with Gasteiger partial charge in [-0.05, 0) is 104 Å². The number of benzene rings is 10. The van der Waals surface area contributed by atoms with Crippen LogP contribution < -0.4 is 9.80 Å². The Hall–Kier alpha value is -7.20. The first-order valence-electron chi connectivity index (χ1n) is 19.4. The minimum Gasteiger partial charge on any atom is -0.310 e. The number of thiophene rings is 1. The molecule has 10 aromatic carbocycles. The predicted molar refractivity (Wildman–Crippen MR) is 247 cm³/mol. The molecule has 0 aliphatic carbocycles. The fourth-order valence-electron chi connectivity index (χ4n) is 8.44. The van der Waals surface area contributed by atoms with E-state index in [0.29, 0.717) is 0 Å². The van der Waals surface area contributed by atoms with Gasteiger partial charge in [-0.15, -0.1) is 11.3 Å². The van der Waals surface area contributed by atoms with E-state index in [1.54, 1.807) is 0 Å². The van der Waals surface area contributed by atoms with Crippen LogP contribution in [0.4, 0.5) is 34.1 Å². The number of rotatable bonds is 7. The molecule has 1 aromatic heterocycles. The topological polar surface area (TPSA) is 6.48 Å². The molecular weight excluding hydrogens is 709 g/mol. The molecule has 2 nitrogen and oxygen atoms in total. The van der Waals surface area contributed by atoms with Gasteiger partial charge in [0.05, 0.1) is 5.69 Å². The highest BCUT2D eigenvalue weighted by molar-refractivity contribution is 7.26. The highest BCUT2D eigenvalue weighted by Crippen LogP contribution is 2.50. The minimum atomic E-state index is 1.10. The largest absolute Gasteiger partial charge is 0.310 e. The van der Waals surface area contributed by atoms with Crippen LogP contribution in [0, 0.1) is 0 Å². The molecule has 3 heteroatoms. The Bertz CT molecular complexity index is 3260. The number of fused-ring (bicyclic) bond motifs is 7. The maximum Gasteiger partial charge on any atom is 0.0575 e. The monoisotopic (exact) mass is 744 g/mol. The molecule has 0 N–H and O–H groups in total. The summed E-state index contributed by atoms with van der Waals surface area (Å²) in [4.78, 5) is 4.90. The lowest BCUT2D eigenvalue weighted by Crippen LogP contribution is -2.13. The highest BCUT2D eigenvalue weighted by Gasteiger charge is 2.24. The van der Waals surface area contributed by atoms with Crippen LogP contribution in [0.15, 0.2) is 218 Å².